The minimum atomic E-state index is -1.55. The van der Waals surface area contributed by atoms with Crippen molar-refractivity contribution in [3.8, 4) is 11.8 Å². The Bertz CT molecular complexity index is 997. The predicted octanol–water partition coefficient (Wildman–Crippen LogP) is -3.92. The van der Waals surface area contributed by atoms with Crippen LogP contribution in [0.15, 0.2) is 9.59 Å². The first-order valence-corrected chi connectivity index (χ1v) is 7.60. The molecule has 0 amide bonds. The summed E-state index contributed by atoms with van der Waals surface area (Å²) in [5, 5.41) is 38.1. The Morgan fingerprint density at radius 1 is 1.23 bits per heavy atom. The summed E-state index contributed by atoms with van der Waals surface area (Å²) in [6, 6.07) is 0. The van der Waals surface area contributed by atoms with Crippen molar-refractivity contribution in [2.24, 2.45) is 0 Å². The van der Waals surface area contributed by atoms with Crippen LogP contribution in [-0.4, -0.2) is 71.1 Å². The summed E-state index contributed by atoms with van der Waals surface area (Å²) in [5.41, 5.74) is 3.72. The number of nitrogens with two attached hydrogens (primary N) is 1. The molecule has 0 bridgehead atoms. The summed E-state index contributed by atoms with van der Waals surface area (Å²) in [6.07, 6.45) is -5.50. The highest BCUT2D eigenvalue weighted by Crippen LogP contribution is 2.30. The van der Waals surface area contributed by atoms with Crippen LogP contribution >= 0.6 is 0 Å². The van der Waals surface area contributed by atoms with Gasteiger partial charge in [-0.1, -0.05) is 11.8 Å². The van der Waals surface area contributed by atoms with Crippen LogP contribution in [-0.2, 0) is 11.3 Å². The number of ether oxygens (including phenoxy) is 1. The minimum Gasteiger partial charge on any atom is -0.394 e. The zero-order valence-corrected chi connectivity index (χ0v) is 13.4. The molecule has 2 aromatic rings. The van der Waals surface area contributed by atoms with Crippen LogP contribution in [0.2, 0.25) is 0 Å². The molecule has 0 radical (unpaired) electrons. The highest BCUT2D eigenvalue weighted by atomic mass is 16.6. The van der Waals surface area contributed by atoms with Crippen LogP contribution in [0.5, 0.6) is 0 Å². The van der Waals surface area contributed by atoms with Crippen molar-refractivity contribution >= 4 is 17.1 Å². The van der Waals surface area contributed by atoms with Gasteiger partial charge in [-0.2, -0.15) is 4.98 Å². The number of aromatic nitrogens is 4. The molecule has 12 heteroatoms. The molecule has 2 aromatic heterocycles. The van der Waals surface area contributed by atoms with Crippen molar-refractivity contribution in [1.82, 2.24) is 19.1 Å². The van der Waals surface area contributed by atoms with E-state index in [9.17, 15) is 24.9 Å². The summed E-state index contributed by atoms with van der Waals surface area (Å²) >= 11 is 0. The van der Waals surface area contributed by atoms with E-state index in [0.29, 0.717) is 0 Å². The number of anilines is 1. The van der Waals surface area contributed by atoms with Gasteiger partial charge in [0.25, 0.3) is 5.56 Å². The smallest absolute Gasteiger partial charge is 0.333 e. The van der Waals surface area contributed by atoms with Crippen LogP contribution in [0, 0.1) is 11.8 Å². The number of imidazole rings is 1. The number of aliphatic hydroxyl groups is 4. The van der Waals surface area contributed by atoms with Gasteiger partial charge in [0, 0.05) is 0 Å². The van der Waals surface area contributed by atoms with E-state index < -0.39 is 49.0 Å². The molecule has 1 saturated heterocycles. The Hall–Kier alpha value is -2.69. The average Bonchev–Trinajstić information content (AvgIpc) is 3.03. The third-order valence-electron chi connectivity index (χ3n) is 4.04. The Morgan fingerprint density at radius 2 is 1.96 bits per heavy atom. The lowest BCUT2D eigenvalue weighted by Gasteiger charge is -2.15. The maximum atomic E-state index is 12.8. The van der Waals surface area contributed by atoms with Crippen molar-refractivity contribution in [1.29, 1.82) is 0 Å². The van der Waals surface area contributed by atoms with Crippen LogP contribution in [0.4, 0.5) is 5.95 Å². The molecule has 4 atom stereocenters. The maximum absolute atomic E-state index is 12.8. The number of aliphatic hydroxyl groups excluding tert-OH is 4. The fourth-order valence-electron chi connectivity index (χ4n) is 2.86. The van der Waals surface area contributed by atoms with Gasteiger partial charge >= 0.3 is 5.69 Å². The second-order valence-electron chi connectivity index (χ2n) is 5.60. The number of nitrogens with zero attached hydrogens (tertiary/aromatic N) is 3. The van der Waals surface area contributed by atoms with Gasteiger partial charge in [0.2, 0.25) is 5.95 Å². The van der Waals surface area contributed by atoms with Gasteiger partial charge in [-0.15, -0.1) is 0 Å². The van der Waals surface area contributed by atoms with Gasteiger partial charge in [-0.25, -0.2) is 9.36 Å². The number of nitrogen functional groups attached to an aromatic ring is 1. The van der Waals surface area contributed by atoms with E-state index >= 15 is 0 Å². The van der Waals surface area contributed by atoms with E-state index in [4.69, 9.17) is 15.6 Å². The highest BCUT2D eigenvalue weighted by molar-refractivity contribution is 5.72. The summed E-state index contributed by atoms with van der Waals surface area (Å²) in [7, 11) is 0. The lowest BCUT2D eigenvalue weighted by molar-refractivity contribution is -0.0527. The highest BCUT2D eigenvalue weighted by Gasteiger charge is 2.45. The average molecular weight is 367 g/mol. The normalized spacial score (nSPS) is 25.4. The topological polar surface area (TPSA) is 189 Å². The monoisotopic (exact) mass is 367 g/mol. The van der Waals surface area contributed by atoms with E-state index in [1.165, 1.54) is 0 Å². The first-order valence-electron chi connectivity index (χ1n) is 7.60. The predicted molar refractivity (Wildman–Crippen MR) is 86.9 cm³/mol. The Morgan fingerprint density at radius 3 is 2.58 bits per heavy atom. The maximum Gasteiger partial charge on any atom is 0.333 e. The van der Waals surface area contributed by atoms with Gasteiger partial charge < -0.3 is 30.9 Å². The number of hydrogen-bond acceptors (Lipinski definition) is 9. The summed E-state index contributed by atoms with van der Waals surface area (Å²) in [4.78, 5) is 31.3. The fourth-order valence-corrected chi connectivity index (χ4v) is 2.86. The molecule has 0 aromatic carbocycles. The summed E-state index contributed by atoms with van der Waals surface area (Å²) < 4.78 is 7.22. The van der Waals surface area contributed by atoms with Crippen LogP contribution in [0.3, 0.4) is 0 Å². The molecule has 1 aliphatic heterocycles. The Kier molecular flexibility index (Phi) is 4.81. The second-order valence-corrected chi connectivity index (χ2v) is 5.60. The molecule has 1 aliphatic rings. The lowest BCUT2D eigenvalue weighted by atomic mass is 10.1. The first kappa shape index (κ1) is 18.1. The third kappa shape index (κ3) is 2.77. The molecule has 7 N–H and O–H groups in total. The molecule has 0 spiro atoms. The molecular formula is C14H17N5O7. The van der Waals surface area contributed by atoms with Crippen molar-refractivity contribution < 1.29 is 25.2 Å². The van der Waals surface area contributed by atoms with Crippen LogP contribution in [0.25, 0.3) is 11.2 Å². The van der Waals surface area contributed by atoms with Crippen molar-refractivity contribution in [2.75, 3.05) is 18.9 Å². The Balaban J connectivity index is 2.24. The fraction of sp³-hybridized carbons (Fsp3) is 0.500. The number of rotatable bonds is 3. The zero-order valence-electron chi connectivity index (χ0n) is 13.4. The third-order valence-corrected chi connectivity index (χ3v) is 4.04. The van der Waals surface area contributed by atoms with Crippen molar-refractivity contribution in [2.45, 2.75) is 31.1 Å². The molecule has 26 heavy (non-hydrogen) atoms. The number of H-pyrrole nitrogens is 1. The van der Waals surface area contributed by atoms with Gasteiger partial charge in [0.15, 0.2) is 17.4 Å². The van der Waals surface area contributed by atoms with E-state index in [1.54, 1.807) is 0 Å². The van der Waals surface area contributed by atoms with Gasteiger partial charge in [-0.3, -0.25) is 14.3 Å². The van der Waals surface area contributed by atoms with Crippen LogP contribution in [0.1, 0.15) is 6.23 Å². The summed E-state index contributed by atoms with van der Waals surface area (Å²) in [6.45, 7) is -1.24. The van der Waals surface area contributed by atoms with Crippen LogP contribution < -0.4 is 17.0 Å². The molecule has 0 aliphatic carbocycles. The van der Waals surface area contributed by atoms with E-state index in [2.05, 4.69) is 21.8 Å². The van der Waals surface area contributed by atoms with Crippen molar-refractivity contribution in [3.05, 3.63) is 20.8 Å². The molecule has 140 valence electrons. The SMILES string of the molecule is Nc1nc2c(c(=O)[nH]1)n(CC#CCO)c(=O)n2C1OC(CO)C(O)C1O. The molecule has 0 saturated carbocycles. The Labute approximate surface area is 145 Å². The largest absolute Gasteiger partial charge is 0.394 e. The molecule has 1 fully saturated rings. The quantitative estimate of drug-likeness (QED) is 0.294. The van der Waals surface area contributed by atoms with Crippen molar-refractivity contribution in [3.63, 3.8) is 0 Å². The molecule has 3 rings (SSSR count). The van der Waals surface area contributed by atoms with E-state index in [1.807, 2.05) is 0 Å². The van der Waals surface area contributed by atoms with Gasteiger partial charge in [0.05, 0.1) is 13.2 Å². The van der Waals surface area contributed by atoms with Gasteiger partial charge in [0.1, 0.15) is 24.9 Å². The summed E-state index contributed by atoms with van der Waals surface area (Å²) in [5.74, 6) is 4.61. The lowest BCUT2D eigenvalue weighted by Crippen LogP contribution is -2.36. The number of fused-ring (bicyclic) bond motifs is 1. The standard InChI is InChI=1S/C14H17N5O7/c15-13-16-10-7(11(24)17-13)18(3-1-2-4-20)14(25)19(10)12-9(23)8(22)6(5-21)26-12/h6,8-9,12,20-23H,3-5H2,(H3,15,16,17,24). The second kappa shape index (κ2) is 6.90. The molecule has 4 unspecified atom stereocenters. The minimum absolute atomic E-state index is 0.158. The van der Waals surface area contributed by atoms with E-state index in [-0.39, 0.29) is 23.7 Å². The molecule has 12 nitrogen and oxygen atoms in total. The number of hydrogen-bond donors (Lipinski definition) is 6. The van der Waals surface area contributed by atoms with Gasteiger partial charge in [-0.05, 0) is 0 Å². The first-order chi connectivity index (χ1) is 12.4. The number of aromatic amines is 1. The molecular weight excluding hydrogens is 350 g/mol. The number of nitrogens with one attached hydrogen (secondary N) is 1. The zero-order chi connectivity index (χ0) is 19.0. The van der Waals surface area contributed by atoms with E-state index in [0.717, 1.165) is 9.13 Å². The molecule has 3 heterocycles.